The van der Waals surface area contributed by atoms with E-state index in [4.69, 9.17) is 0 Å². The van der Waals surface area contributed by atoms with Crippen molar-refractivity contribution in [2.24, 2.45) is 0 Å². The number of carbonyl (C=O) groups is 1. The van der Waals surface area contributed by atoms with Crippen molar-refractivity contribution < 1.29 is 4.79 Å². The molecule has 0 bridgehead atoms. The Morgan fingerprint density at radius 3 is 2.59 bits per heavy atom. The Bertz CT molecular complexity index is 1130. The molecule has 134 valence electrons. The molecule has 0 atom stereocenters. The SMILES string of the molecule is O=C(c1ccc2ccccc2c1)N1CCN(c2ncnc3ccsc23)CC1. The molecule has 0 radical (unpaired) electrons. The van der Waals surface area contributed by atoms with Crippen LogP contribution in [0.3, 0.4) is 0 Å². The summed E-state index contributed by atoms with van der Waals surface area (Å²) >= 11 is 1.67. The van der Waals surface area contributed by atoms with Gasteiger partial charge in [-0.1, -0.05) is 30.3 Å². The molecule has 6 heteroatoms. The van der Waals surface area contributed by atoms with Gasteiger partial charge in [-0.3, -0.25) is 4.79 Å². The molecular formula is C21H18N4OS. The molecule has 1 aliphatic rings. The Balaban J connectivity index is 1.33. The van der Waals surface area contributed by atoms with Crippen LogP contribution in [0.25, 0.3) is 21.0 Å². The zero-order valence-corrected chi connectivity index (χ0v) is 15.5. The van der Waals surface area contributed by atoms with E-state index in [0.717, 1.165) is 45.5 Å². The van der Waals surface area contributed by atoms with Crippen molar-refractivity contribution in [1.82, 2.24) is 14.9 Å². The van der Waals surface area contributed by atoms with Crippen LogP contribution in [0.4, 0.5) is 5.82 Å². The minimum Gasteiger partial charge on any atom is -0.352 e. The highest BCUT2D eigenvalue weighted by Gasteiger charge is 2.24. The Labute approximate surface area is 160 Å². The predicted molar refractivity (Wildman–Crippen MR) is 109 cm³/mol. The van der Waals surface area contributed by atoms with Crippen LogP contribution in [0, 0.1) is 0 Å². The molecule has 1 saturated heterocycles. The molecule has 0 aliphatic carbocycles. The highest BCUT2D eigenvalue weighted by Crippen LogP contribution is 2.28. The number of carbonyl (C=O) groups excluding carboxylic acids is 1. The number of thiophene rings is 1. The minimum atomic E-state index is 0.101. The highest BCUT2D eigenvalue weighted by atomic mass is 32.1. The van der Waals surface area contributed by atoms with Gasteiger partial charge in [-0.25, -0.2) is 9.97 Å². The second-order valence-electron chi connectivity index (χ2n) is 6.67. The molecule has 27 heavy (non-hydrogen) atoms. The first-order chi connectivity index (χ1) is 13.3. The third kappa shape index (κ3) is 2.92. The number of fused-ring (bicyclic) bond motifs is 2. The van der Waals surface area contributed by atoms with Crippen LogP contribution in [-0.4, -0.2) is 47.0 Å². The van der Waals surface area contributed by atoms with Crippen molar-refractivity contribution in [3.63, 3.8) is 0 Å². The summed E-state index contributed by atoms with van der Waals surface area (Å²) in [4.78, 5) is 25.9. The van der Waals surface area contributed by atoms with E-state index in [1.54, 1.807) is 17.7 Å². The van der Waals surface area contributed by atoms with Crippen molar-refractivity contribution in [2.75, 3.05) is 31.1 Å². The van der Waals surface area contributed by atoms with Gasteiger partial charge in [0.2, 0.25) is 0 Å². The van der Waals surface area contributed by atoms with Crippen LogP contribution in [-0.2, 0) is 0 Å². The second-order valence-corrected chi connectivity index (χ2v) is 7.59. The van der Waals surface area contributed by atoms with Gasteiger partial charge < -0.3 is 9.80 Å². The van der Waals surface area contributed by atoms with Crippen LogP contribution in [0.5, 0.6) is 0 Å². The largest absolute Gasteiger partial charge is 0.352 e. The fourth-order valence-corrected chi connectivity index (χ4v) is 4.49. The van der Waals surface area contributed by atoms with Crippen molar-refractivity contribution in [3.05, 3.63) is 65.8 Å². The monoisotopic (exact) mass is 374 g/mol. The van der Waals surface area contributed by atoms with Gasteiger partial charge in [0.05, 0.1) is 10.2 Å². The van der Waals surface area contributed by atoms with E-state index in [1.807, 2.05) is 52.7 Å². The average molecular weight is 374 g/mol. The number of hydrogen-bond donors (Lipinski definition) is 0. The van der Waals surface area contributed by atoms with E-state index in [0.29, 0.717) is 13.1 Å². The molecule has 0 spiro atoms. The first-order valence-electron chi connectivity index (χ1n) is 9.01. The van der Waals surface area contributed by atoms with Gasteiger partial charge in [0.1, 0.15) is 12.1 Å². The molecule has 3 heterocycles. The third-order valence-corrected chi connectivity index (χ3v) is 5.99. The van der Waals surface area contributed by atoms with Crippen LogP contribution >= 0.6 is 11.3 Å². The fourth-order valence-electron chi connectivity index (χ4n) is 3.63. The number of anilines is 1. The summed E-state index contributed by atoms with van der Waals surface area (Å²) in [5.74, 6) is 1.08. The summed E-state index contributed by atoms with van der Waals surface area (Å²) in [6, 6.07) is 16.1. The Hall–Kier alpha value is -2.99. The van der Waals surface area contributed by atoms with Crippen LogP contribution in [0.15, 0.2) is 60.2 Å². The summed E-state index contributed by atoms with van der Waals surface area (Å²) in [6.45, 7) is 2.96. The molecule has 1 aliphatic heterocycles. The van der Waals surface area contributed by atoms with Gasteiger partial charge in [-0.2, -0.15) is 0 Å². The van der Waals surface area contributed by atoms with E-state index in [1.165, 1.54) is 0 Å². The summed E-state index contributed by atoms with van der Waals surface area (Å²) in [5, 5.41) is 4.30. The lowest BCUT2D eigenvalue weighted by molar-refractivity contribution is 0.0747. The number of piperazine rings is 1. The molecule has 1 fully saturated rings. The number of rotatable bonds is 2. The van der Waals surface area contributed by atoms with Crippen molar-refractivity contribution >= 4 is 44.1 Å². The maximum Gasteiger partial charge on any atom is 0.253 e. The maximum absolute atomic E-state index is 12.9. The zero-order chi connectivity index (χ0) is 18.2. The first kappa shape index (κ1) is 16.2. The quantitative estimate of drug-likeness (QED) is 0.535. The van der Waals surface area contributed by atoms with Gasteiger partial charge in [0, 0.05) is 31.7 Å². The summed E-state index contributed by atoms with van der Waals surface area (Å²) in [6.07, 6.45) is 1.62. The molecule has 2 aromatic carbocycles. The highest BCUT2D eigenvalue weighted by molar-refractivity contribution is 7.17. The van der Waals surface area contributed by atoms with Gasteiger partial charge in [-0.15, -0.1) is 11.3 Å². The molecule has 2 aromatic heterocycles. The van der Waals surface area contributed by atoms with Crippen molar-refractivity contribution in [2.45, 2.75) is 0 Å². The second kappa shape index (κ2) is 6.63. The van der Waals surface area contributed by atoms with E-state index < -0.39 is 0 Å². The number of benzene rings is 2. The van der Waals surface area contributed by atoms with Crippen LogP contribution in [0.1, 0.15) is 10.4 Å². The van der Waals surface area contributed by atoms with Gasteiger partial charge in [-0.05, 0) is 34.4 Å². The molecule has 0 saturated carbocycles. The molecule has 5 nitrogen and oxygen atoms in total. The molecule has 4 aromatic rings. The smallest absolute Gasteiger partial charge is 0.253 e. The average Bonchev–Trinajstić information content (AvgIpc) is 3.22. The molecule has 0 unspecified atom stereocenters. The number of aromatic nitrogens is 2. The predicted octanol–water partition coefficient (Wildman–Crippen LogP) is 3.81. The maximum atomic E-state index is 12.9. The van der Waals surface area contributed by atoms with Gasteiger partial charge >= 0.3 is 0 Å². The van der Waals surface area contributed by atoms with E-state index in [2.05, 4.69) is 20.9 Å². The van der Waals surface area contributed by atoms with Crippen LogP contribution in [0.2, 0.25) is 0 Å². The van der Waals surface area contributed by atoms with E-state index >= 15 is 0 Å². The first-order valence-corrected chi connectivity index (χ1v) is 9.89. The molecule has 1 amide bonds. The molecule has 5 rings (SSSR count). The summed E-state index contributed by atoms with van der Waals surface area (Å²) in [7, 11) is 0. The Morgan fingerprint density at radius 1 is 0.926 bits per heavy atom. The zero-order valence-electron chi connectivity index (χ0n) is 14.7. The Kier molecular flexibility index (Phi) is 3.98. The van der Waals surface area contributed by atoms with E-state index in [9.17, 15) is 4.79 Å². The Morgan fingerprint density at radius 2 is 1.74 bits per heavy atom. The van der Waals surface area contributed by atoms with Crippen molar-refractivity contribution in [1.29, 1.82) is 0 Å². The number of amides is 1. The summed E-state index contributed by atoms with van der Waals surface area (Å²) < 4.78 is 1.12. The third-order valence-electron chi connectivity index (χ3n) is 5.09. The molecular weight excluding hydrogens is 356 g/mol. The van der Waals surface area contributed by atoms with Gasteiger partial charge in [0.15, 0.2) is 0 Å². The fraction of sp³-hybridized carbons (Fsp3) is 0.190. The van der Waals surface area contributed by atoms with E-state index in [-0.39, 0.29) is 5.91 Å². The lowest BCUT2D eigenvalue weighted by Gasteiger charge is -2.35. The summed E-state index contributed by atoms with van der Waals surface area (Å²) in [5.41, 5.74) is 1.74. The normalized spacial score (nSPS) is 14.8. The lowest BCUT2D eigenvalue weighted by atomic mass is 10.1. The molecule has 0 N–H and O–H groups in total. The van der Waals surface area contributed by atoms with Gasteiger partial charge in [0.25, 0.3) is 5.91 Å². The minimum absolute atomic E-state index is 0.101. The number of hydrogen-bond acceptors (Lipinski definition) is 5. The lowest BCUT2D eigenvalue weighted by Crippen LogP contribution is -2.49. The number of nitrogens with zero attached hydrogens (tertiary/aromatic N) is 4. The van der Waals surface area contributed by atoms with Crippen molar-refractivity contribution in [3.8, 4) is 0 Å². The topological polar surface area (TPSA) is 49.3 Å². The standard InChI is InChI=1S/C21H18N4OS/c26-21(17-6-5-15-3-1-2-4-16(15)13-17)25-10-8-24(9-11-25)20-19-18(7-12-27-19)22-14-23-20/h1-7,12-14H,8-11H2. The van der Waals surface area contributed by atoms with Crippen LogP contribution < -0.4 is 4.90 Å².